The van der Waals surface area contributed by atoms with Crippen molar-refractivity contribution >= 4 is 21.8 Å². The van der Waals surface area contributed by atoms with Crippen LogP contribution in [0.2, 0.25) is 0 Å². The van der Waals surface area contributed by atoms with Gasteiger partial charge < -0.3 is 15.0 Å². The van der Waals surface area contributed by atoms with E-state index in [1.54, 1.807) is 68.8 Å². The van der Waals surface area contributed by atoms with Gasteiger partial charge in [0.25, 0.3) is 0 Å². The van der Waals surface area contributed by atoms with E-state index in [9.17, 15) is 18.0 Å². The number of carbonyl (C=O) groups is 2. The molecule has 0 aliphatic carbocycles. The first kappa shape index (κ1) is 27.8. The van der Waals surface area contributed by atoms with Gasteiger partial charge in [0.1, 0.15) is 11.8 Å². The molecule has 37 heavy (non-hydrogen) atoms. The number of aromatic nitrogens is 1. The van der Waals surface area contributed by atoms with Crippen molar-refractivity contribution in [2.75, 3.05) is 19.9 Å². The molecule has 0 bridgehead atoms. The molecule has 1 heterocycles. The molecular formula is C27H32N4O5S. The number of hydrogen-bond acceptors (Lipinski definition) is 6. The van der Waals surface area contributed by atoms with Crippen LogP contribution in [-0.4, -0.2) is 60.4 Å². The second kappa shape index (κ2) is 13.0. The van der Waals surface area contributed by atoms with Crippen LogP contribution in [0.15, 0.2) is 79.0 Å². The predicted octanol–water partition coefficient (Wildman–Crippen LogP) is 2.59. The molecule has 3 rings (SSSR count). The number of nitrogens with zero attached hydrogens (tertiary/aromatic N) is 3. The summed E-state index contributed by atoms with van der Waals surface area (Å²) in [6.07, 6.45) is 2.71. The third-order valence-electron chi connectivity index (χ3n) is 5.83. The predicted molar refractivity (Wildman–Crippen MR) is 141 cm³/mol. The Hall–Kier alpha value is -3.76. The third-order valence-corrected chi connectivity index (χ3v) is 7.03. The molecule has 0 spiro atoms. The lowest BCUT2D eigenvalue weighted by molar-refractivity contribution is -0.140. The van der Waals surface area contributed by atoms with E-state index in [1.807, 2.05) is 24.3 Å². The Morgan fingerprint density at radius 3 is 2.19 bits per heavy atom. The molecular weight excluding hydrogens is 492 g/mol. The monoisotopic (exact) mass is 524 g/mol. The zero-order valence-corrected chi connectivity index (χ0v) is 22.0. The summed E-state index contributed by atoms with van der Waals surface area (Å²) in [5.74, 6) is -0.201. The molecule has 0 aliphatic heterocycles. The number of nitrogens with one attached hydrogen (secondary N) is 1. The molecule has 0 saturated carbocycles. The van der Waals surface area contributed by atoms with Gasteiger partial charge in [0.05, 0.1) is 32.1 Å². The fraction of sp³-hybridized carbons (Fsp3) is 0.296. The molecule has 10 heteroatoms. The first-order valence-electron chi connectivity index (χ1n) is 11.8. The molecule has 1 atom stereocenters. The Labute approximate surface area is 218 Å². The molecule has 1 aromatic heterocycles. The number of rotatable bonds is 12. The van der Waals surface area contributed by atoms with Crippen molar-refractivity contribution in [2.45, 2.75) is 32.6 Å². The normalized spacial score (nSPS) is 12.1. The first-order chi connectivity index (χ1) is 17.7. The Morgan fingerprint density at radius 1 is 0.946 bits per heavy atom. The van der Waals surface area contributed by atoms with Crippen LogP contribution < -0.4 is 10.1 Å². The number of methoxy groups -OCH3 is 1. The van der Waals surface area contributed by atoms with Crippen LogP contribution in [-0.2, 0) is 39.2 Å². The van der Waals surface area contributed by atoms with E-state index in [0.717, 1.165) is 21.7 Å². The van der Waals surface area contributed by atoms with Crippen LogP contribution in [0.3, 0.4) is 0 Å². The molecule has 196 valence electrons. The minimum atomic E-state index is -3.71. The van der Waals surface area contributed by atoms with E-state index in [0.29, 0.717) is 11.4 Å². The Bertz CT molecular complexity index is 1270. The zero-order valence-electron chi connectivity index (χ0n) is 21.2. The molecule has 0 fully saturated rings. The molecule has 0 aliphatic rings. The summed E-state index contributed by atoms with van der Waals surface area (Å²) in [5, 5.41) is 2.81. The van der Waals surface area contributed by atoms with Crippen molar-refractivity contribution in [3.63, 3.8) is 0 Å². The van der Waals surface area contributed by atoms with Gasteiger partial charge in [0, 0.05) is 19.3 Å². The number of sulfonamides is 1. The lowest BCUT2D eigenvalue weighted by atomic mass is 10.1. The average molecular weight is 525 g/mol. The largest absolute Gasteiger partial charge is 0.497 e. The number of amides is 2. The number of carbonyl (C=O) groups excluding carboxylic acids is 2. The van der Waals surface area contributed by atoms with Crippen LogP contribution in [0.25, 0.3) is 0 Å². The second-order valence-corrected chi connectivity index (χ2v) is 10.6. The maximum Gasteiger partial charge on any atom is 0.242 e. The van der Waals surface area contributed by atoms with Crippen molar-refractivity contribution in [2.24, 2.45) is 0 Å². The van der Waals surface area contributed by atoms with Crippen molar-refractivity contribution < 1.29 is 22.7 Å². The van der Waals surface area contributed by atoms with Gasteiger partial charge in [-0.15, -0.1) is 0 Å². The van der Waals surface area contributed by atoms with Crippen molar-refractivity contribution in [3.8, 4) is 5.75 Å². The zero-order chi connectivity index (χ0) is 26.8. The van der Waals surface area contributed by atoms with Crippen LogP contribution in [0.5, 0.6) is 5.75 Å². The Morgan fingerprint density at radius 2 is 1.59 bits per heavy atom. The first-order valence-corrected chi connectivity index (χ1v) is 13.6. The van der Waals surface area contributed by atoms with Gasteiger partial charge in [-0.25, -0.2) is 8.42 Å². The quantitative estimate of drug-likeness (QED) is 0.390. The molecule has 1 unspecified atom stereocenters. The SMILES string of the molecule is COc1ccc(CN(C(=O)CN(Cc2ccccc2)S(C)(=O)=O)C(C)C(=O)NCc2ccccn2)cc1. The Balaban J connectivity index is 1.81. The van der Waals surface area contributed by atoms with E-state index < -0.39 is 28.5 Å². The third kappa shape index (κ3) is 8.40. The van der Waals surface area contributed by atoms with Gasteiger partial charge in [-0.3, -0.25) is 14.6 Å². The molecule has 3 aromatic rings. The topological polar surface area (TPSA) is 109 Å². The maximum atomic E-state index is 13.5. The average Bonchev–Trinajstić information content (AvgIpc) is 2.90. The number of benzene rings is 2. The van der Waals surface area contributed by atoms with E-state index in [2.05, 4.69) is 10.3 Å². The lowest BCUT2D eigenvalue weighted by Gasteiger charge is -2.31. The summed E-state index contributed by atoms with van der Waals surface area (Å²) < 4.78 is 31.4. The standard InChI is InChI=1S/C27H32N4O5S/c1-21(27(33)29-17-24-11-7-8-16-28-24)31(19-23-12-14-25(36-2)15-13-23)26(32)20-30(37(3,34)35)18-22-9-5-4-6-10-22/h4-16,21H,17-20H2,1-3H3,(H,29,33). The van der Waals surface area contributed by atoms with E-state index >= 15 is 0 Å². The van der Waals surface area contributed by atoms with Gasteiger partial charge in [-0.2, -0.15) is 4.31 Å². The van der Waals surface area contributed by atoms with Crippen molar-refractivity contribution in [3.05, 3.63) is 95.8 Å². The van der Waals surface area contributed by atoms with Crippen LogP contribution >= 0.6 is 0 Å². The van der Waals surface area contributed by atoms with Gasteiger partial charge in [0.15, 0.2) is 0 Å². The maximum absolute atomic E-state index is 13.5. The van der Waals surface area contributed by atoms with Crippen LogP contribution in [0, 0.1) is 0 Å². The van der Waals surface area contributed by atoms with Crippen LogP contribution in [0.4, 0.5) is 0 Å². The molecule has 9 nitrogen and oxygen atoms in total. The highest BCUT2D eigenvalue weighted by molar-refractivity contribution is 7.88. The number of ether oxygens (including phenoxy) is 1. The Kier molecular flexibility index (Phi) is 9.76. The smallest absolute Gasteiger partial charge is 0.242 e. The summed E-state index contributed by atoms with van der Waals surface area (Å²) >= 11 is 0. The number of pyridine rings is 1. The summed E-state index contributed by atoms with van der Waals surface area (Å²) in [6.45, 7) is 1.59. The van der Waals surface area contributed by atoms with E-state index in [4.69, 9.17) is 4.74 Å². The highest BCUT2D eigenvalue weighted by Gasteiger charge is 2.30. The van der Waals surface area contributed by atoms with E-state index in [1.165, 1.54) is 4.90 Å². The fourth-order valence-corrected chi connectivity index (χ4v) is 4.39. The van der Waals surface area contributed by atoms with Crippen molar-refractivity contribution in [1.82, 2.24) is 19.5 Å². The molecule has 2 amide bonds. The minimum absolute atomic E-state index is 0.0437. The lowest BCUT2D eigenvalue weighted by Crippen LogP contribution is -2.50. The second-order valence-electron chi connectivity index (χ2n) is 8.60. The molecule has 1 N–H and O–H groups in total. The van der Waals surface area contributed by atoms with E-state index in [-0.39, 0.29) is 25.5 Å². The minimum Gasteiger partial charge on any atom is -0.497 e. The van der Waals surface area contributed by atoms with Gasteiger partial charge in [-0.05, 0) is 42.3 Å². The van der Waals surface area contributed by atoms with Crippen LogP contribution in [0.1, 0.15) is 23.7 Å². The highest BCUT2D eigenvalue weighted by Crippen LogP contribution is 2.16. The van der Waals surface area contributed by atoms with Gasteiger partial charge in [0.2, 0.25) is 21.8 Å². The molecule has 2 aromatic carbocycles. The van der Waals surface area contributed by atoms with Gasteiger partial charge in [-0.1, -0.05) is 48.5 Å². The molecule has 0 saturated heterocycles. The summed E-state index contributed by atoms with van der Waals surface area (Å²) in [5.41, 5.74) is 2.21. The number of hydrogen-bond donors (Lipinski definition) is 1. The summed E-state index contributed by atoms with van der Waals surface area (Å²) in [6, 6.07) is 20.7. The molecule has 0 radical (unpaired) electrons. The van der Waals surface area contributed by atoms with Crippen molar-refractivity contribution in [1.29, 1.82) is 0 Å². The highest BCUT2D eigenvalue weighted by atomic mass is 32.2. The fourth-order valence-electron chi connectivity index (χ4n) is 3.66. The van der Waals surface area contributed by atoms with Gasteiger partial charge >= 0.3 is 0 Å². The summed E-state index contributed by atoms with van der Waals surface area (Å²) in [7, 11) is -2.14. The summed E-state index contributed by atoms with van der Waals surface area (Å²) in [4.78, 5) is 32.2.